The highest BCUT2D eigenvalue weighted by molar-refractivity contribution is 6.38. The number of carbonyl (C=O) groups excluding carboxylic acids is 5. The Labute approximate surface area is 262 Å². The Kier molecular flexibility index (Phi) is 6.18. The van der Waals surface area contributed by atoms with Crippen LogP contribution in [0.5, 0.6) is 17.2 Å². The summed E-state index contributed by atoms with van der Waals surface area (Å²) in [6.07, 6.45) is 1.84. The van der Waals surface area contributed by atoms with E-state index in [1.807, 2.05) is 0 Å². The molecule has 0 radical (unpaired) electrons. The van der Waals surface area contributed by atoms with Crippen LogP contribution in [0.25, 0.3) is 10.8 Å². The van der Waals surface area contributed by atoms with Gasteiger partial charge in [-0.25, -0.2) is 5.43 Å². The predicted octanol–water partition coefficient (Wildman–Crippen LogP) is 2.16. The molecule has 3 aliphatic carbocycles. The van der Waals surface area contributed by atoms with Crippen molar-refractivity contribution in [1.29, 1.82) is 0 Å². The van der Waals surface area contributed by atoms with E-state index in [2.05, 4.69) is 15.5 Å². The zero-order valence-corrected chi connectivity index (χ0v) is 24.3. The van der Waals surface area contributed by atoms with E-state index >= 15 is 0 Å². The predicted molar refractivity (Wildman–Crippen MR) is 164 cm³/mol. The number of benzene rings is 3. The standard InChI is InChI=1S/C33H22N4O10/c1-47-18-10-17(38)20-21(25(18)39)27(41)23-22(26(20)40)29(43)33(30(23)44)7-6-12-8-13-9-14(36-32(46)19(13)28(42)24(12)33)11-35-37-31(45)15-4-2-3-5-16(15)34/h2-5,8-11,40-42H,6-7,34H2,1H3,(H,36,46)(H,37,45). The highest BCUT2D eigenvalue weighted by atomic mass is 16.5. The van der Waals surface area contributed by atoms with E-state index in [1.54, 1.807) is 18.2 Å². The maximum Gasteiger partial charge on any atom is 0.273 e. The van der Waals surface area contributed by atoms with Gasteiger partial charge in [-0.3, -0.25) is 28.8 Å². The Bertz CT molecular complexity index is 2330. The Morgan fingerprint density at radius 3 is 2.34 bits per heavy atom. The van der Waals surface area contributed by atoms with Crippen molar-refractivity contribution in [2.75, 3.05) is 12.8 Å². The van der Waals surface area contributed by atoms with E-state index in [9.17, 15) is 44.1 Å². The molecule has 3 aromatic carbocycles. The lowest BCUT2D eigenvalue weighted by molar-refractivity contribution is 0.0790. The Balaban J connectivity index is 1.31. The molecule has 0 saturated heterocycles. The van der Waals surface area contributed by atoms with E-state index in [0.29, 0.717) is 5.56 Å². The van der Waals surface area contributed by atoms with Gasteiger partial charge in [-0.2, -0.15) is 5.10 Å². The zero-order valence-electron chi connectivity index (χ0n) is 24.3. The number of rotatable bonds is 4. The SMILES string of the molecule is COC1=CC(=O)c2c(O)c3c(c(O)c2C1=O)C(=O)C1(CCc2cc4cc(C=NNC(=O)c5ccccc5N)[nH]c(=O)c4c(O)c21)C3=O. The molecular formula is C33H22N4O10. The minimum absolute atomic E-state index is 0.0730. The van der Waals surface area contributed by atoms with Gasteiger partial charge < -0.3 is 30.8 Å². The van der Waals surface area contributed by atoms with Gasteiger partial charge >= 0.3 is 0 Å². The number of ketones is 4. The summed E-state index contributed by atoms with van der Waals surface area (Å²) in [7, 11) is 1.12. The molecule has 47 heavy (non-hydrogen) atoms. The number of hydrazone groups is 1. The molecule has 1 amide bonds. The van der Waals surface area contributed by atoms with Gasteiger partial charge in [-0.15, -0.1) is 0 Å². The number of pyridine rings is 1. The van der Waals surface area contributed by atoms with Crippen molar-refractivity contribution < 1.29 is 44.0 Å². The lowest BCUT2D eigenvalue weighted by Crippen LogP contribution is -2.36. The number of H-pyrrole nitrogens is 1. The number of carbonyl (C=O) groups is 5. The van der Waals surface area contributed by atoms with Crippen LogP contribution in [0.15, 0.2) is 58.1 Å². The summed E-state index contributed by atoms with van der Waals surface area (Å²) in [4.78, 5) is 82.2. The van der Waals surface area contributed by atoms with Crippen molar-refractivity contribution >= 4 is 51.7 Å². The molecule has 3 aliphatic rings. The van der Waals surface area contributed by atoms with Gasteiger partial charge in [0.15, 0.2) is 23.1 Å². The molecule has 1 heterocycles. The molecule has 1 aromatic heterocycles. The third-order valence-corrected chi connectivity index (χ3v) is 8.84. The largest absolute Gasteiger partial charge is 0.507 e. The molecule has 7 rings (SSSR count). The number of amides is 1. The van der Waals surface area contributed by atoms with Crippen molar-refractivity contribution in [2.45, 2.75) is 18.3 Å². The van der Waals surface area contributed by atoms with Crippen molar-refractivity contribution in [3.63, 3.8) is 0 Å². The highest BCUT2D eigenvalue weighted by Gasteiger charge is 2.61. The monoisotopic (exact) mass is 634 g/mol. The van der Waals surface area contributed by atoms with Crippen LogP contribution in [-0.4, -0.2) is 62.7 Å². The summed E-state index contributed by atoms with van der Waals surface area (Å²) in [5.74, 6) is -7.53. The number of Topliss-reactive ketones (excluding diaryl/α,β-unsaturated/α-hetero) is 3. The smallest absolute Gasteiger partial charge is 0.273 e. The van der Waals surface area contributed by atoms with E-state index in [4.69, 9.17) is 10.5 Å². The van der Waals surface area contributed by atoms with E-state index in [-0.39, 0.29) is 46.1 Å². The molecule has 0 fully saturated rings. The van der Waals surface area contributed by atoms with E-state index < -0.39 is 85.3 Å². The fraction of sp³-hybridized carbons (Fsp3) is 0.121. The van der Waals surface area contributed by atoms with Crippen molar-refractivity contribution in [3.05, 3.63) is 103 Å². The molecule has 0 bridgehead atoms. The second-order valence-electron chi connectivity index (χ2n) is 11.2. The molecule has 1 spiro atoms. The van der Waals surface area contributed by atoms with Crippen LogP contribution in [0.3, 0.4) is 0 Å². The number of anilines is 1. The maximum atomic E-state index is 14.1. The number of allylic oxidation sites excluding steroid dienone is 2. The van der Waals surface area contributed by atoms with Gasteiger partial charge in [-0.1, -0.05) is 18.2 Å². The lowest BCUT2D eigenvalue weighted by Gasteiger charge is -2.22. The van der Waals surface area contributed by atoms with Gasteiger partial charge in [0.05, 0.1) is 52.2 Å². The normalized spacial score (nSPS) is 18.1. The third-order valence-electron chi connectivity index (χ3n) is 8.84. The first kappa shape index (κ1) is 29.2. The number of nitrogen functional groups attached to an aromatic ring is 1. The van der Waals surface area contributed by atoms with E-state index in [0.717, 1.165) is 13.2 Å². The summed E-state index contributed by atoms with van der Waals surface area (Å²) in [6.45, 7) is 0. The number of hydrogen-bond donors (Lipinski definition) is 6. The first-order chi connectivity index (χ1) is 22.4. The third kappa shape index (κ3) is 3.81. The summed E-state index contributed by atoms with van der Waals surface area (Å²) in [6, 6.07) is 9.34. The number of phenols is 3. The average Bonchev–Trinajstić information content (AvgIpc) is 3.53. The van der Waals surface area contributed by atoms with Crippen LogP contribution in [0.1, 0.15) is 75.0 Å². The zero-order chi connectivity index (χ0) is 33.5. The second-order valence-corrected chi connectivity index (χ2v) is 11.2. The molecule has 14 nitrogen and oxygen atoms in total. The quantitative estimate of drug-likeness (QED) is 0.0625. The summed E-state index contributed by atoms with van der Waals surface area (Å²) in [5, 5.41) is 37.6. The number of nitrogens with two attached hydrogens (primary N) is 1. The number of fused-ring (bicyclic) bond motifs is 5. The number of phenolic OH excluding ortho intramolecular Hbond substituents is 3. The van der Waals surface area contributed by atoms with Crippen LogP contribution < -0.4 is 16.7 Å². The van der Waals surface area contributed by atoms with Gasteiger partial charge in [0.1, 0.15) is 22.7 Å². The number of aromatic nitrogens is 1. The fourth-order valence-corrected chi connectivity index (χ4v) is 6.75. The minimum Gasteiger partial charge on any atom is -0.507 e. The number of nitrogens with one attached hydrogen (secondary N) is 2. The van der Waals surface area contributed by atoms with Crippen LogP contribution in [0.4, 0.5) is 5.69 Å². The number of nitrogens with zero attached hydrogens (tertiary/aromatic N) is 1. The summed E-state index contributed by atoms with van der Waals surface area (Å²) in [5.41, 5.74) is 3.24. The number of aromatic hydroxyl groups is 3. The Hall–Kier alpha value is -6.57. The average molecular weight is 635 g/mol. The first-order valence-corrected chi connectivity index (χ1v) is 14.1. The Morgan fingerprint density at radius 2 is 1.66 bits per heavy atom. The van der Waals surface area contributed by atoms with Crippen molar-refractivity contribution in [3.8, 4) is 17.2 Å². The number of aromatic amines is 1. The maximum absolute atomic E-state index is 14.1. The lowest BCUT2D eigenvalue weighted by atomic mass is 9.76. The second kappa shape index (κ2) is 9.97. The first-order valence-electron chi connectivity index (χ1n) is 14.1. The highest BCUT2D eigenvalue weighted by Crippen LogP contribution is 2.57. The van der Waals surface area contributed by atoms with Crippen LogP contribution in [0.2, 0.25) is 0 Å². The molecule has 234 valence electrons. The van der Waals surface area contributed by atoms with Gasteiger partial charge in [0.25, 0.3) is 11.5 Å². The van der Waals surface area contributed by atoms with E-state index in [1.165, 1.54) is 24.4 Å². The molecule has 1 atom stereocenters. The van der Waals surface area contributed by atoms with Crippen molar-refractivity contribution in [2.24, 2.45) is 5.10 Å². The molecule has 4 aromatic rings. The van der Waals surface area contributed by atoms with Crippen LogP contribution in [-0.2, 0) is 16.6 Å². The summed E-state index contributed by atoms with van der Waals surface area (Å²) < 4.78 is 4.91. The number of ether oxygens (including phenoxy) is 1. The summed E-state index contributed by atoms with van der Waals surface area (Å²) >= 11 is 0. The number of para-hydroxylation sites is 1. The van der Waals surface area contributed by atoms with Gasteiger partial charge in [0.2, 0.25) is 5.78 Å². The molecule has 0 saturated carbocycles. The number of hydrogen-bond acceptors (Lipinski definition) is 12. The molecule has 14 heteroatoms. The fourth-order valence-electron chi connectivity index (χ4n) is 6.75. The molecule has 7 N–H and O–H groups in total. The molecular weight excluding hydrogens is 612 g/mol. The van der Waals surface area contributed by atoms with Crippen molar-refractivity contribution in [1.82, 2.24) is 10.4 Å². The van der Waals surface area contributed by atoms with Gasteiger partial charge in [0, 0.05) is 17.3 Å². The van der Waals surface area contributed by atoms with Crippen LogP contribution >= 0.6 is 0 Å². The molecule has 1 unspecified atom stereocenters. The minimum atomic E-state index is -2.16. The molecule has 0 aliphatic heterocycles. The topological polar surface area (TPSA) is 239 Å². The van der Waals surface area contributed by atoms with Crippen LogP contribution in [0, 0.1) is 0 Å². The number of methoxy groups -OCH3 is 1. The Morgan fingerprint density at radius 1 is 0.979 bits per heavy atom. The number of aryl methyl sites for hydroxylation is 1. The van der Waals surface area contributed by atoms with Gasteiger partial charge in [-0.05, 0) is 42.0 Å².